The fourth-order valence-corrected chi connectivity index (χ4v) is 2.24. The van der Waals surface area contributed by atoms with E-state index < -0.39 is 5.97 Å². The van der Waals surface area contributed by atoms with Gasteiger partial charge in [0.25, 0.3) is 0 Å². The van der Waals surface area contributed by atoms with Gasteiger partial charge in [-0.15, -0.1) is 0 Å². The quantitative estimate of drug-likeness (QED) is 0.841. The zero-order valence-electron chi connectivity index (χ0n) is 12.6. The summed E-state index contributed by atoms with van der Waals surface area (Å²) in [4.78, 5) is 15.8. The molecule has 3 N–H and O–H groups in total. The SMILES string of the molecule is COC(=O)c1ccnc(NC(C)c2cc(C)oc2C)c1N. The molecule has 6 nitrogen and oxygen atoms in total. The summed E-state index contributed by atoms with van der Waals surface area (Å²) >= 11 is 0. The molecule has 0 bridgehead atoms. The fourth-order valence-electron chi connectivity index (χ4n) is 2.24. The first-order valence-corrected chi connectivity index (χ1v) is 6.60. The van der Waals surface area contributed by atoms with Gasteiger partial charge in [-0.2, -0.15) is 0 Å². The van der Waals surface area contributed by atoms with Gasteiger partial charge < -0.3 is 20.2 Å². The number of carbonyl (C=O) groups excluding carboxylic acids is 1. The van der Waals surface area contributed by atoms with Crippen molar-refractivity contribution in [2.45, 2.75) is 26.8 Å². The molecule has 0 saturated heterocycles. The highest BCUT2D eigenvalue weighted by Crippen LogP contribution is 2.28. The molecule has 0 aliphatic carbocycles. The molecule has 2 rings (SSSR count). The molecule has 1 atom stereocenters. The second kappa shape index (κ2) is 5.87. The zero-order chi connectivity index (χ0) is 15.6. The van der Waals surface area contributed by atoms with E-state index in [1.807, 2.05) is 26.8 Å². The minimum atomic E-state index is -0.485. The lowest BCUT2D eigenvalue weighted by molar-refractivity contribution is 0.0602. The molecule has 112 valence electrons. The Hall–Kier alpha value is -2.50. The maximum Gasteiger partial charge on any atom is 0.340 e. The van der Waals surface area contributed by atoms with Crippen LogP contribution in [0.2, 0.25) is 0 Å². The molecule has 0 aliphatic heterocycles. The van der Waals surface area contributed by atoms with Gasteiger partial charge in [0.2, 0.25) is 0 Å². The first-order chi connectivity index (χ1) is 9.93. The van der Waals surface area contributed by atoms with Crippen LogP contribution in [0.4, 0.5) is 11.5 Å². The molecule has 2 aromatic heterocycles. The monoisotopic (exact) mass is 289 g/mol. The van der Waals surface area contributed by atoms with Crippen LogP contribution in [0, 0.1) is 13.8 Å². The van der Waals surface area contributed by atoms with E-state index in [1.165, 1.54) is 19.4 Å². The number of rotatable bonds is 4. The maximum atomic E-state index is 11.6. The van der Waals surface area contributed by atoms with Crippen molar-refractivity contribution in [2.75, 3.05) is 18.2 Å². The molecule has 0 fully saturated rings. The van der Waals surface area contributed by atoms with Crippen LogP contribution in [0.1, 0.15) is 40.4 Å². The number of nitrogen functional groups attached to an aromatic ring is 1. The van der Waals surface area contributed by atoms with Crippen molar-refractivity contribution in [1.82, 2.24) is 4.98 Å². The van der Waals surface area contributed by atoms with Crippen LogP contribution < -0.4 is 11.1 Å². The van der Waals surface area contributed by atoms with Crippen LogP contribution in [0.25, 0.3) is 0 Å². The third-order valence-corrected chi connectivity index (χ3v) is 3.29. The third-order valence-electron chi connectivity index (χ3n) is 3.29. The summed E-state index contributed by atoms with van der Waals surface area (Å²) in [6.07, 6.45) is 1.52. The van der Waals surface area contributed by atoms with E-state index in [-0.39, 0.29) is 11.7 Å². The molecule has 0 aliphatic rings. The minimum absolute atomic E-state index is 0.0508. The van der Waals surface area contributed by atoms with E-state index in [4.69, 9.17) is 14.9 Å². The summed E-state index contributed by atoms with van der Waals surface area (Å²) < 4.78 is 10.2. The first kappa shape index (κ1) is 14.9. The van der Waals surface area contributed by atoms with Crippen LogP contribution in [0.5, 0.6) is 0 Å². The molecule has 0 aromatic carbocycles. The lowest BCUT2D eigenvalue weighted by Crippen LogP contribution is -2.13. The number of pyridine rings is 1. The van der Waals surface area contributed by atoms with Gasteiger partial charge in [0.05, 0.1) is 24.4 Å². The van der Waals surface area contributed by atoms with Crippen molar-refractivity contribution >= 4 is 17.5 Å². The van der Waals surface area contributed by atoms with Gasteiger partial charge in [0.1, 0.15) is 11.5 Å². The van der Waals surface area contributed by atoms with Crippen molar-refractivity contribution in [1.29, 1.82) is 0 Å². The summed E-state index contributed by atoms with van der Waals surface area (Å²) in [6.45, 7) is 5.78. The summed E-state index contributed by atoms with van der Waals surface area (Å²) in [6, 6.07) is 3.45. The highest BCUT2D eigenvalue weighted by Gasteiger charge is 2.17. The van der Waals surface area contributed by atoms with E-state index >= 15 is 0 Å². The van der Waals surface area contributed by atoms with Crippen molar-refractivity contribution in [3.8, 4) is 0 Å². The smallest absolute Gasteiger partial charge is 0.340 e. The van der Waals surface area contributed by atoms with Crippen LogP contribution in [-0.4, -0.2) is 18.1 Å². The van der Waals surface area contributed by atoms with E-state index in [1.54, 1.807) is 0 Å². The van der Waals surface area contributed by atoms with Crippen LogP contribution in [0.15, 0.2) is 22.7 Å². The molecule has 0 spiro atoms. The predicted octanol–water partition coefficient (Wildman–Crippen LogP) is 2.83. The van der Waals surface area contributed by atoms with Crippen molar-refractivity contribution in [3.05, 3.63) is 41.0 Å². The number of aryl methyl sites for hydroxylation is 2. The number of furan rings is 1. The second-order valence-electron chi connectivity index (χ2n) is 4.85. The molecule has 1 unspecified atom stereocenters. The zero-order valence-corrected chi connectivity index (χ0v) is 12.6. The molecular weight excluding hydrogens is 270 g/mol. The fraction of sp³-hybridized carbons (Fsp3) is 0.333. The summed E-state index contributed by atoms with van der Waals surface area (Å²) in [5.74, 6) is 1.65. The molecule has 2 heterocycles. The van der Waals surface area contributed by atoms with Gasteiger partial charge in [0.15, 0.2) is 5.82 Å². The Labute approximate surface area is 123 Å². The Bertz CT molecular complexity index is 664. The number of esters is 1. The Morgan fingerprint density at radius 3 is 2.76 bits per heavy atom. The number of anilines is 2. The summed E-state index contributed by atoms with van der Waals surface area (Å²) in [5, 5.41) is 3.20. The van der Waals surface area contributed by atoms with Crippen LogP contribution in [-0.2, 0) is 4.74 Å². The van der Waals surface area contributed by atoms with E-state index in [0.717, 1.165) is 17.1 Å². The molecule has 0 radical (unpaired) electrons. The number of ether oxygens (including phenoxy) is 1. The number of aromatic nitrogens is 1. The third kappa shape index (κ3) is 2.99. The Kier molecular flexibility index (Phi) is 4.16. The van der Waals surface area contributed by atoms with Gasteiger partial charge >= 0.3 is 5.97 Å². The van der Waals surface area contributed by atoms with E-state index in [9.17, 15) is 4.79 Å². The van der Waals surface area contributed by atoms with Crippen molar-refractivity contribution < 1.29 is 13.9 Å². The average Bonchev–Trinajstić information content (AvgIpc) is 2.79. The first-order valence-electron chi connectivity index (χ1n) is 6.60. The molecular formula is C15H19N3O3. The Balaban J connectivity index is 2.27. The average molecular weight is 289 g/mol. The highest BCUT2D eigenvalue weighted by atomic mass is 16.5. The standard InChI is InChI=1S/C15H19N3O3/c1-8-7-12(10(3)21-8)9(2)18-14-13(16)11(5-6-17-14)15(19)20-4/h5-7,9H,16H2,1-4H3,(H,17,18). The van der Waals surface area contributed by atoms with Gasteiger partial charge in [-0.1, -0.05) is 0 Å². The van der Waals surface area contributed by atoms with Gasteiger partial charge in [-0.05, 0) is 32.9 Å². The Morgan fingerprint density at radius 1 is 1.48 bits per heavy atom. The number of carbonyl (C=O) groups is 1. The van der Waals surface area contributed by atoms with Crippen molar-refractivity contribution in [3.63, 3.8) is 0 Å². The maximum absolute atomic E-state index is 11.6. The van der Waals surface area contributed by atoms with E-state index in [2.05, 4.69) is 10.3 Å². The predicted molar refractivity (Wildman–Crippen MR) is 80.2 cm³/mol. The second-order valence-corrected chi connectivity index (χ2v) is 4.85. The number of hydrogen-bond acceptors (Lipinski definition) is 6. The summed E-state index contributed by atoms with van der Waals surface area (Å²) in [5.41, 5.74) is 7.57. The van der Waals surface area contributed by atoms with E-state index in [0.29, 0.717) is 11.4 Å². The lowest BCUT2D eigenvalue weighted by atomic mass is 10.1. The molecule has 0 amide bonds. The Morgan fingerprint density at radius 2 is 2.19 bits per heavy atom. The number of nitrogens with zero attached hydrogens (tertiary/aromatic N) is 1. The largest absolute Gasteiger partial charge is 0.466 e. The van der Waals surface area contributed by atoms with Crippen molar-refractivity contribution in [2.24, 2.45) is 0 Å². The van der Waals surface area contributed by atoms with Gasteiger partial charge in [-0.3, -0.25) is 0 Å². The number of hydrogen-bond donors (Lipinski definition) is 2. The highest BCUT2D eigenvalue weighted by molar-refractivity contribution is 5.97. The van der Waals surface area contributed by atoms with Crippen LogP contribution in [0.3, 0.4) is 0 Å². The van der Waals surface area contributed by atoms with Gasteiger partial charge in [-0.25, -0.2) is 9.78 Å². The van der Waals surface area contributed by atoms with Crippen LogP contribution >= 0.6 is 0 Å². The molecule has 2 aromatic rings. The number of nitrogens with one attached hydrogen (secondary N) is 1. The molecule has 6 heteroatoms. The lowest BCUT2D eigenvalue weighted by Gasteiger charge is -2.16. The number of methoxy groups -OCH3 is 1. The van der Waals surface area contributed by atoms with Gasteiger partial charge in [0, 0.05) is 11.8 Å². The summed E-state index contributed by atoms with van der Waals surface area (Å²) in [7, 11) is 1.32. The molecule has 21 heavy (non-hydrogen) atoms. The topological polar surface area (TPSA) is 90.4 Å². The normalized spacial score (nSPS) is 12.0. The minimum Gasteiger partial charge on any atom is -0.466 e. The molecule has 0 saturated carbocycles. The number of nitrogens with two attached hydrogens (primary N) is 1.